The van der Waals surface area contributed by atoms with Crippen molar-refractivity contribution in [2.75, 3.05) is 19.7 Å². The van der Waals surface area contributed by atoms with Crippen molar-refractivity contribution in [2.24, 2.45) is 5.92 Å². The van der Waals surface area contributed by atoms with Gasteiger partial charge in [0.15, 0.2) is 0 Å². The zero-order valence-corrected chi connectivity index (χ0v) is 12.6. The smallest absolute Gasteiger partial charge is 0.122 e. The van der Waals surface area contributed by atoms with Crippen molar-refractivity contribution in [3.05, 3.63) is 29.3 Å². The highest BCUT2D eigenvalue weighted by atomic mass is 16.5. The average molecular weight is 287 g/mol. The summed E-state index contributed by atoms with van der Waals surface area (Å²) in [4.78, 5) is 0. The van der Waals surface area contributed by atoms with Gasteiger partial charge in [0.05, 0.1) is 18.8 Å². The predicted octanol–water partition coefficient (Wildman–Crippen LogP) is 3.23. The standard InChI is InChI=1S/C18H25NO2/c1-2-4-13(3-1)9-16-11-19-12-18(21-16)14-5-6-17-15(10-14)7-8-20-17/h5-6,10,13,16,18-19H,1-4,7-9,11-12H2. The minimum absolute atomic E-state index is 0.205. The van der Waals surface area contributed by atoms with E-state index in [0.717, 1.165) is 37.8 Å². The van der Waals surface area contributed by atoms with Crippen LogP contribution in [0.15, 0.2) is 18.2 Å². The summed E-state index contributed by atoms with van der Waals surface area (Å²) in [7, 11) is 0. The molecule has 1 aromatic rings. The lowest BCUT2D eigenvalue weighted by Gasteiger charge is -2.32. The molecule has 1 aliphatic carbocycles. The van der Waals surface area contributed by atoms with Crippen LogP contribution in [0.1, 0.15) is 49.3 Å². The lowest BCUT2D eigenvalue weighted by Crippen LogP contribution is -2.41. The topological polar surface area (TPSA) is 30.5 Å². The second-order valence-electron chi connectivity index (χ2n) is 6.76. The van der Waals surface area contributed by atoms with Gasteiger partial charge in [-0.1, -0.05) is 31.7 Å². The van der Waals surface area contributed by atoms with E-state index in [0.29, 0.717) is 6.10 Å². The maximum atomic E-state index is 6.39. The number of hydrogen-bond donors (Lipinski definition) is 1. The number of benzene rings is 1. The number of ether oxygens (including phenoxy) is 2. The maximum Gasteiger partial charge on any atom is 0.122 e. The Kier molecular flexibility index (Phi) is 3.87. The fourth-order valence-corrected chi connectivity index (χ4v) is 4.06. The molecule has 2 atom stereocenters. The first-order chi connectivity index (χ1) is 10.4. The Morgan fingerprint density at radius 3 is 2.95 bits per heavy atom. The Morgan fingerprint density at radius 2 is 2.05 bits per heavy atom. The first kappa shape index (κ1) is 13.6. The lowest BCUT2D eigenvalue weighted by atomic mass is 9.97. The van der Waals surface area contributed by atoms with Crippen LogP contribution in [-0.4, -0.2) is 25.8 Å². The zero-order chi connectivity index (χ0) is 14.1. The van der Waals surface area contributed by atoms with Gasteiger partial charge in [-0.25, -0.2) is 0 Å². The molecule has 2 heterocycles. The first-order valence-electron chi connectivity index (χ1n) is 8.50. The van der Waals surface area contributed by atoms with Crippen LogP contribution in [0.2, 0.25) is 0 Å². The van der Waals surface area contributed by atoms with Crippen molar-refractivity contribution in [3.8, 4) is 5.75 Å². The first-order valence-corrected chi connectivity index (χ1v) is 8.50. The van der Waals surface area contributed by atoms with Gasteiger partial charge in [-0.05, 0) is 35.6 Å². The molecule has 3 heteroatoms. The molecule has 0 bridgehead atoms. The summed E-state index contributed by atoms with van der Waals surface area (Å²) in [5.41, 5.74) is 2.65. The highest BCUT2D eigenvalue weighted by Gasteiger charge is 2.27. The van der Waals surface area contributed by atoms with Gasteiger partial charge >= 0.3 is 0 Å². The highest BCUT2D eigenvalue weighted by Crippen LogP contribution is 2.33. The number of hydrogen-bond acceptors (Lipinski definition) is 3. The van der Waals surface area contributed by atoms with Crippen LogP contribution >= 0.6 is 0 Å². The van der Waals surface area contributed by atoms with Crippen LogP contribution in [0.5, 0.6) is 5.75 Å². The molecule has 1 saturated heterocycles. The number of nitrogens with one attached hydrogen (secondary N) is 1. The molecule has 3 nitrogen and oxygen atoms in total. The minimum atomic E-state index is 0.205. The van der Waals surface area contributed by atoms with Gasteiger partial charge in [0.25, 0.3) is 0 Å². The van der Waals surface area contributed by atoms with Crippen molar-refractivity contribution in [1.82, 2.24) is 5.32 Å². The summed E-state index contributed by atoms with van der Waals surface area (Å²) < 4.78 is 12.0. The van der Waals surface area contributed by atoms with E-state index >= 15 is 0 Å². The van der Waals surface area contributed by atoms with E-state index < -0.39 is 0 Å². The summed E-state index contributed by atoms with van der Waals surface area (Å²) in [5.74, 6) is 1.95. The third-order valence-electron chi connectivity index (χ3n) is 5.21. The van der Waals surface area contributed by atoms with Crippen molar-refractivity contribution >= 4 is 0 Å². The van der Waals surface area contributed by atoms with E-state index in [1.165, 1.54) is 43.2 Å². The molecule has 3 aliphatic rings. The SMILES string of the molecule is c1cc2c(cc1C1CNCC(CC3CCCC3)O1)CCO2. The van der Waals surface area contributed by atoms with Gasteiger partial charge in [0.2, 0.25) is 0 Å². The molecule has 2 fully saturated rings. The molecule has 21 heavy (non-hydrogen) atoms. The molecule has 2 unspecified atom stereocenters. The molecule has 4 rings (SSSR count). The fraction of sp³-hybridized carbons (Fsp3) is 0.667. The molecule has 1 aromatic carbocycles. The van der Waals surface area contributed by atoms with Crippen LogP contribution < -0.4 is 10.1 Å². The van der Waals surface area contributed by atoms with E-state index in [1.54, 1.807) is 0 Å². The van der Waals surface area contributed by atoms with Crippen molar-refractivity contribution in [1.29, 1.82) is 0 Å². The van der Waals surface area contributed by atoms with E-state index in [2.05, 4.69) is 23.5 Å². The van der Waals surface area contributed by atoms with Crippen LogP contribution in [0.3, 0.4) is 0 Å². The summed E-state index contributed by atoms with van der Waals surface area (Å²) in [6, 6.07) is 6.57. The van der Waals surface area contributed by atoms with E-state index in [4.69, 9.17) is 9.47 Å². The lowest BCUT2D eigenvalue weighted by molar-refractivity contribution is -0.0489. The van der Waals surface area contributed by atoms with Crippen molar-refractivity contribution < 1.29 is 9.47 Å². The third kappa shape index (κ3) is 2.95. The molecule has 114 valence electrons. The molecular weight excluding hydrogens is 262 g/mol. The largest absolute Gasteiger partial charge is 0.493 e. The summed E-state index contributed by atoms with van der Waals surface area (Å²) in [5, 5.41) is 3.57. The molecule has 0 amide bonds. The molecule has 1 N–H and O–H groups in total. The minimum Gasteiger partial charge on any atom is -0.493 e. The highest BCUT2D eigenvalue weighted by molar-refractivity contribution is 5.40. The second-order valence-corrected chi connectivity index (χ2v) is 6.76. The monoisotopic (exact) mass is 287 g/mol. The van der Waals surface area contributed by atoms with E-state index in [-0.39, 0.29) is 6.10 Å². The third-order valence-corrected chi connectivity index (χ3v) is 5.21. The van der Waals surface area contributed by atoms with Gasteiger partial charge in [-0.3, -0.25) is 0 Å². The van der Waals surface area contributed by atoms with Gasteiger partial charge in [-0.15, -0.1) is 0 Å². The molecule has 0 aromatic heterocycles. The number of fused-ring (bicyclic) bond motifs is 1. The van der Waals surface area contributed by atoms with Crippen LogP contribution in [0, 0.1) is 5.92 Å². The molecule has 0 radical (unpaired) electrons. The van der Waals surface area contributed by atoms with Gasteiger partial charge in [0, 0.05) is 19.5 Å². The molecular formula is C18H25NO2. The predicted molar refractivity (Wildman–Crippen MR) is 82.7 cm³/mol. The second kappa shape index (κ2) is 5.98. The Balaban J connectivity index is 1.42. The maximum absolute atomic E-state index is 6.39. The van der Waals surface area contributed by atoms with E-state index in [9.17, 15) is 0 Å². The number of rotatable bonds is 3. The van der Waals surface area contributed by atoms with Crippen molar-refractivity contribution in [3.63, 3.8) is 0 Å². The van der Waals surface area contributed by atoms with Crippen LogP contribution in [0.4, 0.5) is 0 Å². The van der Waals surface area contributed by atoms with Gasteiger partial charge < -0.3 is 14.8 Å². The summed E-state index contributed by atoms with van der Waals surface area (Å²) in [6.07, 6.45) is 8.50. The summed E-state index contributed by atoms with van der Waals surface area (Å²) in [6.45, 7) is 2.77. The Hall–Kier alpha value is -1.06. The zero-order valence-electron chi connectivity index (χ0n) is 12.6. The Morgan fingerprint density at radius 1 is 1.14 bits per heavy atom. The fourth-order valence-electron chi connectivity index (χ4n) is 4.06. The van der Waals surface area contributed by atoms with Gasteiger partial charge in [0.1, 0.15) is 5.75 Å². The quantitative estimate of drug-likeness (QED) is 0.926. The van der Waals surface area contributed by atoms with E-state index in [1.807, 2.05) is 0 Å². The summed E-state index contributed by atoms with van der Waals surface area (Å²) >= 11 is 0. The average Bonchev–Trinajstić information content (AvgIpc) is 3.17. The Bertz CT molecular complexity index is 496. The molecule has 0 spiro atoms. The van der Waals surface area contributed by atoms with Crippen LogP contribution in [0.25, 0.3) is 0 Å². The molecule has 1 saturated carbocycles. The molecule has 2 aliphatic heterocycles. The normalized spacial score (nSPS) is 29.3. The Labute approximate surface area is 127 Å². The van der Waals surface area contributed by atoms with Crippen LogP contribution in [-0.2, 0) is 11.2 Å². The van der Waals surface area contributed by atoms with Gasteiger partial charge in [-0.2, -0.15) is 0 Å². The number of morpholine rings is 1. The van der Waals surface area contributed by atoms with Crippen molar-refractivity contribution in [2.45, 2.75) is 50.7 Å².